The first-order valence-corrected chi connectivity index (χ1v) is 12.1. The highest BCUT2D eigenvalue weighted by molar-refractivity contribution is 7.15. The van der Waals surface area contributed by atoms with Crippen molar-refractivity contribution in [3.8, 4) is 27.9 Å². The van der Waals surface area contributed by atoms with E-state index in [9.17, 15) is 9.90 Å². The minimum Gasteiger partial charge on any atom is -0.491 e. The van der Waals surface area contributed by atoms with Crippen LogP contribution in [-0.2, 0) is 11.3 Å². The first-order chi connectivity index (χ1) is 16.3. The Labute approximate surface area is 203 Å². The summed E-state index contributed by atoms with van der Waals surface area (Å²) in [4.78, 5) is 20.3. The highest BCUT2D eigenvalue weighted by Gasteiger charge is 2.17. The number of hydrogen-bond acceptors (Lipinski definition) is 9. The van der Waals surface area contributed by atoms with E-state index in [0.29, 0.717) is 17.5 Å². The molecule has 0 aliphatic rings. The number of aliphatic hydroxyl groups is 2. The molecule has 3 aromatic rings. The average Bonchev–Trinajstić information content (AvgIpc) is 3.46. The summed E-state index contributed by atoms with van der Waals surface area (Å²) >= 11 is 1.68. The van der Waals surface area contributed by atoms with Gasteiger partial charge in [-0.05, 0) is 62.3 Å². The molecule has 0 unspecified atom stereocenters. The minimum atomic E-state index is -0.892. The monoisotopic (exact) mass is 488 g/mol. The molecule has 0 radical (unpaired) electrons. The van der Waals surface area contributed by atoms with Crippen LogP contribution in [0.15, 0.2) is 28.8 Å². The van der Waals surface area contributed by atoms with Crippen LogP contribution < -0.4 is 10.1 Å². The van der Waals surface area contributed by atoms with Crippen LogP contribution >= 0.6 is 11.3 Å². The zero-order valence-corrected chi connectivity index (χ0v) is 20.8. The molecule has 3 rings (SSSR count). The molecule has 10 heteroatoms. The van der Waals surface area contributed by atoms with Gasteiger partial charge in [-0.15, -0.1) is 11.3 Å². The number of carbonyl (C=O) groups is 1. The van der Waals surface area contributed by atoms with Gasteiger partial charge in [0.25, 0.3) is 5.89 Å². The van der Waals surface area contributed by atoms with E-state index in [0.717, 1.165) is 35.6 Å². The molecule has 34 heavy (non-hydrogen) atoms. The lowest BCUT2D eigenvalue weighted by molar-refractivity contribution is -0.124. The zero-order chi connectivity index (χ0) is 24.7. The van der Waals surface area contributed by atoms with Gasteiger partial charge in [0, 0.05) is 23.5 Å². The summed E-state index contributed by atoms with van der Waals surface area (Å²) in [5.74, 6) is 1.04. The van der Waals surface area contributed by atoms with Crippen molar-refractivity contribution >= 4 is 17.2 Å². The van der Waals surface area contributed by atoms with Crippen LogP contribution in [0, 0.1) is 13.8 Å². The van der Waals surface area contributed by atoms with Crippen molar-refractivity contribution < 1.29 is 24.3 Å². The number of ether oxygens (including phenoxy) is 1. The molecule has 0 fully saturated rings. The topological polar surface area (TPSA) is 121 Å². The highest BCUT2D eigenvalue weighted by Crippen LogP contribution is 2.33. The number of aliphatic hydroxyl groups excluding tert-OH is 2. The third-order valence-corrected chi connectivity index (χ3v) is 6.69. The largest absolute Gasteiger partial charge is 0.491 e. The standard InChI is InChI=1S/C24H32N4O5S/c1-5-28(6-2)12-21-16(4)10-20(34-21)24-26-23(27-33-24)19-8-7-18(9-15(19)3)32-14-17(30)11-25-22(31)13-29/h7-10,17,29-30H,5-6,11-14H2,1-4H3,(H,25,31)/t17-/m0/s1. The van der Waals surface area contributed by atoms with E-state index in [1.807, 2.05) is 19.1 Å². The summed E-state index contributed by atoms with van der Waals surface area (Å²) in [6.07, 6.45) is -0.892. The van der Waals surface area contributed by atoms with Crippen molar-refractivity contribution in [3.05, 3.63) is 40.3 Å². The average molecular weight is 489 g/mol. The Hall–Kier alpha value is -2.79. The van der Waals surface area contributed by atoms with E-state index in [2.05, 4.69) is 47.2 Å². The van der Waals surface area contributed by atoms with Crippen LogP contribution in [-0.4, -0.2) is 70.1 Å². The molecule has 0 aliphatic carbocycles. The van der Waals surface area contributed by atoms with Crippen molar-refractivity contribution in [2.24, 2.45) is 0 Å². The van der Waals surface area contributed by atoms with Crippen molar-refractivity contribution in [2.75, 3.05) is 32.8 Å². The van der Waals surface area contributed by atoms with Crippen molar-refractivity contribution in [1.29, 1.82) is 0 Å². The third kappa shape index (κ3) is 6.63. The van der Waals surface area contributed by atoms with E-state index in [1.54, 1.807) is 17.4 Å². The van der Waals surface area contributed by atoms with Crippen molar-refractivity contribution in [2.45, 2.75) is 40.3 Å². The first kappa shape index (κ1) is 25.8. The maximum Gasteiger partial charge on any atom is 0.268 e. The number of thiophene rings is 1. The van der Waals surface area contributed by atoms with Gasteiger partial charge in [0.15, 0.2) is 0 Å². The second kappa shape index (κ2) is 12.1. The Morgan fingerprint density at radius 3 is 2.68 bits per heavy atom. The zero-order valence-electron chi connectivity index (χ0n) is 20.0. The normalized spacial score (nSPS) is 12.2. The molecular formula is C24H32N4O5S. The lowest BCUT2D eigenvalue weighted by atomic mass is 10.1. The number of rotatable bonds is 12. The fraction of sp³-hybridized carbons (Fsp3) is 0.458. The van der Waals surface area contributed by atoms with E-state index in [1.165, 1.54) is 10.4 Å². The van der Waals surface area contributed by atoms with Crippen molar-refractivity contribution in [3.63, 3.8) is 0 Å². The maximum atomic E-state index is 11.1. The first-order valence-electron chi connectivity index (χ1n) is 11.3. The third-order valence-electron chi connectivity index (χ3n) is 5.48. The summed E-state index contributed by atoms with van der Waals surface area (Å²) in [7, 11) is 0. The second-order valence-electron chi connectivity index (χ2n) is 8.01. The number of hydrogen-bond donors (Lipinski definition) is 3. The number of benzene rings is 1. The van der Waals surface area contributed by atoms with Gasteiger partial charge in [0.05, 0.1) is 4.88 Å². The fourth-order valence-electron chi connectivity index (χ4n) is 3.38. The number of aromatic nitrogens is 2. The molecule has 0 aliphatic heterocycles. The van der Waals surface area contributed by atoms with Gasteiger partial charge in [-0.3, -0.25) is 9.69 Å². The highest BCUT2D eigenvalue weighted by atomic mass is 32.1. The molecule has 1 aromatic carbocycles. The number of amides is 1. The van der Waals surface area contributed by atoms with Gasteiger partial charge in [0.1, 0.15) is 25.1 Å². The summed E-state index contributed by atoms with van der Waals surface area (Å²) in [6.45, 7) is 10.7. The molecule has 0 spiro atoms. The molecule has 1 amide bonds. The Bertz CT molecular complexity index is 1090. The quantitative estimate of drug-likeness (QED) is 0.356. The Morgan fingerprint density at radius 1 is 1.24 bits per heavy atom. The predicted molar refractivity (Wildman–Crippen MR) is 131 cm³/mol. The Kier molecular flexibility index (Phi) is 9.17. The number of nitrogens with zero attached hydrogens (tertiary/aromatic N) is 3. The maximum absolute atomic E-state index is 11.1. The summed E-state index contributed by atoms with van der Waals surface area (Å²) in [6, 6.07) is 7.56. The molecule has 3 N–H and O–H groups in total. The van der Waals surface area contributed by atoms with E-state index in [-0.39, 0.29) is 13.2 Å². The van der Waals surface area contributed by atoms with Crippen LogP contribution in [0.2, 0.25) is 0 Å². The number of aryl methyl sites for hydroxylation is 2. The molecular weight excluding hydrogens is 456 g/mol. The van der Waals surface area contributed by atoms with Crippen molar-refractivity contribution in [1.82, 2.24) is 20.4 Å². The molecule has 0 bridgehead atoms. The van der Waals surface area contributed by atoms with Gasteiger partial charge < -0.3 is 24.8 Å². The van der Waals surface area contributed by atoms with Gasteiger partial charge >= 0.3 is 0 Å². The Morgan fingerprint density at radius 2 is 2.00 bits per heavy atom. The Balaban J connectivity index is 1.66. The van der Waals surface area contributed by atoms with Crippen LogP contribution in [0.1, 0.15) is 29.9 Å². The molecule has 184 valence electrons. The van der Waals surface area contributed by atoms with Crippen LogP contribution in [0.3, 0.4) is 0 Å². The predicted octanol–water partition coefficient (Wildman–Crippen LogP) is 2.77. The fourth-order valence-corrected chi connectivity index (χ4v) is 4.52. The second-order valence-corrected chi connectivity index (χ2v) is 9.14. The number of carbonyl (C=O) groups excluding carboxylic acids is 1. The molecule has 0 saturated heterocycles. The number of nitrogens with one attached hydrogen (secondary N) is 1. The van der Waals surface area contributed by atoms with Crippen LogP contribution in [0.5, 0.6) is 5.75 Å². The van der Waals surface area contributed by atoms with E-state index in [4.69, 9.17) is 14.4 Å². The molecule has 0 saturated carbocycles. The molecule has 2 heterocycles. The summed E-state index contributed by atoms with van der Waals surface area (Å²) in [5.41, 5.74) is 2.95. The molecule has 1 atom stereocenters. The molecule has 2 aromatic heterocycles. The smallest absolute Gasteiger partial charge is 0.268 e. The van der Waals surface area contributed by atoms with Gasteiger partial charge in [-0.25, -0.2) is 0 Å². The summed E-state index contributed by atoms with van der Waals surface area (Å²) in [5, 5.41) is 25.2. The van der Waals surface area contributed by atoms with Crippen LogP contribution in [0.4, 0.5) is 0 Å². The van der Waals surface area contributed by atoms with Gasteiger partial charge in [-0.1, -0.05) is 19.0 Å². The van der Waals surface area contributed by atoms with E-state index >= 15 is 0 Å². The van der Waals surface area contributed by atoms with E-state index < -0.39 is 18.6 Å². The van der Waals surface area contributed by atoms with Crippen LogP contribution in [0.25, 0.3) is 22.2 Å². The van der Waals surface area contributed by atoms with Gasteiger partial charge in [-0.2, -0.15) is 4.98 Å². The minimum absolute atomic E-state index is 0.000917. The van der Waals surface area contributed by atoms with Gasteiger partial charge in [0.2, 0.25) is 11.7 Å². The molecule has 9 nitrogen and oxygen atoms in total. The lowest BCUT2D eigenvalue weighted by Crippen LogP contribution is -2.36. The lowest BCUT2D eigenvalue weighted by Gasteiger charge is -2.17. The SMILES string of the molecule is CCN(CC)Cc1sc(-c2nc(-c3ccc(OC[C@@H](O)CNC(=O)CO)cc3C)no2)cc1C. The summed E-state index contributed by atoms with van der Waals surface area (Å²) < 4.78 is 11.2.